The summed E-state index contributed by atoms with van der Waals surface area (Å²) in [6.45, 7) is 7.45. The van der Waals surface area contributed by atoms with Crippen molar-refractivity contribution in [3.8, 4) is 0 Å². The van der Waals surface area contributed by atoms with Crippen LogP contribution < -0.4 is 5.32 Å². The number of carbonyl (C=O) groups excluding carboxylic acids is 4. The standard InChI is InChI=1S/C24H32N4O4/c1-16(2)18-6-8-19(9-7-18)21(30)27-14-12-26(13-15-27)20(29)17(3)28-22(31)24(25-23(28)32)10-4-5-11-24/h6-9,16-17H,4-5,10-15H2,1-3H3,(H,25,32). The van der Waals surface area contributed by atoms with E-state index in [1.54, 1.807) is 16.7 Å². The Labute approximate surface area is 188 Å². The largest absolute Gasteiger partial charge is 0.337 e. The predicted molar refractivity (Wildman–Crippen MR) is 119 cm³/mol. The zero-order chi connectivity index (χ0) is 23.0. The molecule has 3 aliphatic rings. The second-order valence-corrected chi connectivity index (χ2v) is 9.46. The summed E-state index contributed by atoms with van der Waals surface area (Å²) in [5.74, 6) is -0.169. The number of hydrogen-bond acceptors (Lipinski definition) is 4. The molecule has 5 amide bonds. The molecule has 172 valence electrons. The molecule has 2 aliphatic heterocycles. The van der Waals surface area contributed by atoms with Crippen LogP contribution in [-0.2, 0) is 9.59 Å². The van der Waals surface area contributed by atoms with Gasteiger partial charge in [0.1, 0.15) is 11.6 Å². The molecule has 0 aromatic heterocycles. The average molecular weight is 441 g/mol. The topological polar surface area (TPSA) is 90.0 Å². The highest BCUT2D eigenvalue weighted by Gasteiger charge is 2.54. The van der Waals surface area contributed by atoms with Crippen molar-refractivity contribution in [3.05, 3.63) is 35.4 Å². The Hall–Kier alpha value is -2.90. The van der Waals surface area contributed by atoms with Crippen molar-refractivity contribution in [2.75, 3.05) is 26.2 Å². The first-order chi connectivity index (χ1) is 15.2. The van der Waals surface area contributed by atoms with Crippen LogP contribution in [0.5, 0.6) is 0 Å². The first kappa shape index (κ1) is 22.3. The molecule has 8 nitrogen and oxygen atoms in total. The Morgan fingerprint density at radius 3 is 2.03 bits per heavy atom. The maximum absolute atomic E-state index is 13.1. The van der Waals surface area contributed by atoms with Gasteiger partial charge in [0, 0.05) is 31.7 Å². The lowest BCUT2D eigenvalue weighted by atomic mass is 9.97. The molecule has 4 rings (SSSR count). The third-order valence-corrected chi connectivity index (χ3v) is 7.10. The van der Waals surface area contributed by atoms with Crippen LogP contribution in [0.15, 0.2) is 24.3 Å². The van der Waals surface area contributed by atoms with Crippen LogP contribution in [0.4, 0.5) is 4.79 Å². The minimum atomic E-state index is -0.853. The van der Waals surface area contributed by atoms with Gasteiger partial charge in [0.2, 0.25) is 5.91 Å². The lowest BCUT2D eigenvalue weighted by Gasteiger charge is -2.37. The lowest BCUT2D eigenvalue weighted by Crippen LogP contribution is -2.56. The number of urea groups is 1. The van der Waals surface area contributed by atoms with Gasteiger partial charge in [0.25, 0.3) is 11.8 Å². The molecule has 1 N–H and O–H groups in total. The van der Waals surface area contributed by atoms with Crippen LogP contribution in [0.3, 0.4) is 0 Å². The molecule has 3 fully saturated rings. The molecule has 1 atom stereocenters. The van der Waals surface area contributed by atoms with Gasteiger partial charge in [-0.25, -0.2) is 9.69 Å². The van der Waals surface area contributed by atoms with Crippen molar-refractivity contribution < 1.29 is 19.2 Å². The summed E-state index contributed by atoms with van der Waals surface area (Å²) in [5, 5.41) is 2.83. The number of carbonyl (C=O) groups is 4. The number of nitrogens with zero attached hydrogens (tertiary/aromatic N) is 3. The number of hydrogen-bond donors (Lipinski definition) is 1. The normalized spacial score (nSPS) is 21.4. The molecule has 8 heteroatoms. The monoisotopic (exact) mass is 440 g/mol. The molecule has 1 unspecified atom stereocenters. The van der Waals surface area contributed by atoms with E-state index in [4.69, 9.17) is 0 Å². The van der Waals surface area contributed by atoms with Crippen LogP contribution in [-0.4, -0.2) is 76.2 Å². The van der Waals surface area contributed by atoms with Crippen molar-refractivity contribution in [1.29, 1.82) is 0 Å². The number of amides is 5. The Balaban J connectivity index is 1.35. The summed E-state index contributed by atoms with van der Waals surface area (Å²) in [6.07, 6.45) is 3.07. The van der Waals surface area contributed by atoms with Gasteiger partial charge < -0.3 is 15.1 Å². The fraction of sp³-hybridized carbons (Fsp3) is 0.583. The number of imide groups is 1. The zero-order valence-electron chi connectivity index (χ0n) is 19.1. The molecule has 1 aromatic rings. The fourth-order valence-corrected chi connectivity index (χ4v) is 5.01. The number of benzene rings is 1. The number of rotatable bonds is 4. The first-order valence-electron chi connectivity index (χ1n) is 11.6. The third kappa shape index (κ3) is 3.87. The zero-order valence-corrected chi connectivity index (χ0v) is 19.1. The van der Waals surface area contributed by atoms with E-state index in [0.717, 1.165) is 17.7 Å². The van der Waals surface area contributed by atoms with Crippen molar-refractivity contribution in [2.24, 2.45) is 0 Å². The SMILES string of the molecule is CC(C)c1ccc(C(=O)N2CCN(C(=O)C(C)N3C(=O)NC4(CCCC4)C3=O)CC2)cc1. The van der Waals surface area contributed by atoms with E-state index in [2.05, 4.69) is 19.2 Å². The van der Waals surface area contributed by atoms with Gasteiger partial charge in [-0.3, -0.25) is 14.4 Å². The second-order valence-electron chi connectivity index (χ2n) is 9.46. The molecule has 1 spiro atoms. The summed E-state index contributed by atoms with van der Waals surface area (Å²) in [5.41, 5.74) is 1.01. The summed E-state index contributed by atoms with van der Waals surface area (Å²) >= 11 is 0. The molecule has 0 bridgehead atoms. The molecule has 32 heavy (non-hydrogen) atoms. The highest BCUT2D eigenvalue weighted by atomic mass is 16.2. The van der Waals surface area contributed by atoms with E-state index in [1.165, 1.54) is 5.56 Å². The molecule has 0 radical (unpaired) electrons. The highest BCUT2D eigenvalue weighted by molar-refractivity contribution is 6.10. The molecular weight excluding hydrogens is 408 g/mol. The molecular formula is C24H32N4O4. The van der Waals surface area contributed by atoms with Crippen molar-refractivity contribution in [2.45, 2.75) is 64.0 Å². The van der Waals surface area contributed by atoms with Gasteiger partial charge in [-0.1, -0.05) is 38.8 Å². The number of piperazine rings is 1. The summed E-state index contributed by atoms with van der Waals surface area (Å²) in [7, 11) is 0. The second kappa shape index (κ2) is 8.56. The van der Waals surface area contributed by atoms with Crippen LogP contribution in [0.1, 0.15) is 68.3 Å². The fourth-order valence-electron chi connectivity index (χ4n) is 5.01. The number of nitrogens with one attached hydrogen (secondary N) is 1. The Bertz CT molecular complexity index is 912. The molecule has 1 saturated carbocycles. The van der Waals surface area contributed by atoms with Gasteiger partial charge in [0.05, 0.1) is 0 Å². The van der Waals surface area contributed by atoms with E-state index in [9.17, 15) is 19.2 Å². The highest BCUT2D eigenvalue weighted by Crippen LogP contribution is 2.36. The van der Waals surface area contributed by atoms with Crippen LogP contribution in [0.25, 0.3) is 0 Å². The maximum atomic E-state index is 13.1. The summed E-state index contributed by atoms with van der Waals surface area (Å²) < 4.78 is 0. The summed E-state index contributed by atoms with van der Waals surface area (Å²) in [4.78, 5) is 55.9. The van der Waals surface area contributed by atoms with Gasteiger partial charge in [-0.05, 0) is 43.4 Å². The van der Waals surface area contributed by atoms with Gasteiger partial charge in [0.15, 0.2) is 0 Å². The van der Waals surface area contributed by atoms with Crippen molar-refractivity contribution in [1.82, 2.24) is 20.0 Å². The third-order valence-electron chi connectivity index (χ3n) is 7.10. The van der Waals surface area contributed by atoms with Gasteiger partial charge >= 0.3 is 6.03 Å². The van der Waals surface area contributed by atoms with Crippen molar-refractivity contribution >= 4 is 23.8 Å². The van der Waals surface area contributed by atoms with Gasteiger partial charge in [-0.2, -0.15) is 0 Å². The Morgan fingerprint density at radius 1 is 0.906 bits per heavy atom. The van der Waals surface area contributed by atoms with Crippen molar-refractivity contribution in [3.63, 3.8) is 0 Å². The maximum Gasteiger partial charge on any atom is 0.325 e. The minimum absolute atomic E-state index is 0.0438. The summed E-state index contributed by atoms with van der Waals surface area (Å²) in [6, 6.07) is 6.34. The van der Waals surface area contributed by atoms with Crippen LogP contribution in [0.2, 0.25) is 0 Å². The minimum Gasteiger partial charge on any atom is -0.337 e. The van der Waals surface area contributed by atoms with E-state index >= 15 is 0 Å². The Morgan fingerprint density at radius 2 is 1.47 bits per heavy atom. The molecule has 1 aromatic carbocycles. The quantitative estimate of drug-likeness (QED) is 0.728. The average Bonchev–Trinajstić information content (AvgIpc) is 3.36. The predicted octanol–water partition coefficient (Wildman–Crippen LogP) is 2.35. The van der Waals surface area contributed by atoms with E-state index in [0.29, 0.717) is 50.5 Å². The van der Waals surface area contributed by atoms with Gasteiger partial charge in [-0.15, -0.1) is 0 Å². The smallest absolute Gasteiger partial charge is 0.325 e. The lowest BCUT2D eigenvalue weighted by molar-refractivity contribution is -0.143. The van der Waals surface area contributed by atoms with Crippen LogP contribution >= 0.6 is 0 Å². The van der Waals surface area contributed by atoms with E-state index in [1.807, 2.05) is 24.3 Å². The molecule has 1 aliphatic carbocycles. The van der Waals surface area contributed by atoms with E-state index in [-0.39, 0.29) is 17.7 Å². The van der Waals surface area contributed by atoms with E-state index < -0.39 is 17.6 Å². The Kier molecular flexibility index (Phi) is 5.97. The molecule has 2 saturated heterocycles. The first-order valence-corrected chi connectivity index (χ1v) is 11.6. The molecule has 2 heterocycles. The van der Waals surface area contributed by atoms with Crippen LogP contribution in [0, 0.1) is 0 Å².